The summed E-state index contributed by atoms with van der Waals surface area (Å²) in [7, 11) is 0. The second-order valence-corrected chi connectivity index (χ2v) is 8.16. The maximum absolute atomic E-state index is 13.2. The smallest absolute Gasteiger partial charge is 0.262 e. The van der Waals surface area contributed by atoms with Crippen LogP contribution in [-0.2, 0) is 4.79 Å². The monoisotopic (exact) mass is 421 g/mol. The van der Waals surface area contributed by atoms with Gasteiger partial charge in [0.1, 0.15) is 25.1 Å². The molecule has 1 aliphatic rings. The van der Waals surface area contributed by atoms with Gasteiger partial charge in [0, 0.05) is 0 Å². The predicted octanol–water partition coefficient (Wildman–Crippen LogP) is 3.55. The molecule has 1 aromatic heterocycles. The summed E-state index contributed by atoms with van der Waals surface area (Å²) in [6.07, 6.45) is 0. The van der Waals surface area contributed by atoms with Crippen molar-refractivity contribution in [1.82, 2.24) is 14.9 Å². The number of amides is 1. The topological polar surface area (TPSA) is 82.5 Å². The number of carbonyl (C=O) groups is 1. The molecule has 7 nitrogen and oxygen atoms in total. The number of ether oxygens (including phenoxy) is 2. The van der Waals surface area contributed by atoms with Crippen LogP contribution in [0.5, 0.6) is 11.5 Å². The quantitative estimate of drug-likeness (QED) is 0.681. The minimum atomic E-state index is -0.705. The number of hydrogen-bond acceptors (Lipinski definition) is 5. The number of carbonyl (C=O) groups excluding carboxylic acids is 1. The van der Waals surface area contributed by atoms with Crippen molar-refractivity contribution < 1.29 is 14.3 Å². The number of benzene rings is 2. The molecule has 1 aliphatic heterocycles. The molecule has 0 fully saturated rings. The van der Waals surface area contributed by atoms with Crippen LogP contribution in [0.3, 0.4) is 0 Å². The lowest BCUT2D eigenvalue weighted by atomic mass is 9.95. The van der Waals surface area contributed by atoms with Gasteiger partial charge in [-0.1, -0.05) is 32.0 Å². The number of nitrogens with one attached hydrogen (secondary N) is 1. The standard InChI is InChI=1S/C24H27N3O4/c1-14(2)22(17-9-10-20-21(13-17)31-12-11-30-20)26-23(28)15(3)27-16(4)25-19-8-6-5-7-18(19)24(27)29/h5-10,13-15,22H,11-12H2,1-4H3,(H,26,28). The molecule has 4 rings (SSSR count). The molecule has 3 aromatic rings. The van der Waals surface area contributed by atoms with Gasteiger partial charge in [-0.05, 0) is 49.6 Å². The van der Waals surface area contributed by atoms with Crippen LogP contribution in [0.2, 0.25) is 0 Å². The van der Waals surface area contributed by atoms with Gasteiger partial charge in [0.05, 0.1) is 16.9 Å². The Morgan fingerprint density at radius 1 is 1.06 bits per heavy atom. The highest BCUT2D eigenvalue weighted by Crippen LogP contribution is 2.34. The minimum Gasteiger partial charge on any atom is -0.486 e. The van der Waals surface area contributed by atoms with E-state index in [0.717, 1.165) is 5.56 Å². The van der Waals surface area contributed by atoms with Crippen LogP contribution in [0.1, 0.15) is 44.2 Å². The van der Waals surface area contributed by atoms with E-state index in [2.05, 4.69) is 10.3 Å². The number of fused-ring (bicyclic) bond motifs is 2. The number of nitrogens with zero attached hydrogens (tertiary/aromatic N) is 2. The number of hydrogen-bond donors (Lipinski definition) is 1. The Morgan fingerprint density at radius 2 is 1.77 bits per heavy atom. The Kier molecular flexibility index (Phi) is 5.67. The molecule has 1 N–H and O–H groups in total. The highest BCUT2D eigenvalue weighted by molar-refractivity contribution is 5.82. The van der Waals surface area contributed by atoms with Gasteiger partial charge >= 0.3 is 0 Å². The third-order valence-electron chi connectivity index (χ3n) is 5.64. The summed E-state index contributed by atoms with van der Waals surface area (Å²) >= 11 is 0. The molecule has 0 bridgehead atoms. The summed E-state index contributed by atoms with van der Waals surface area (Å²) < 4.78 is 12.8. The van der Waals surface area contributed by atoms with Gasteiger partial charge in [0.25, 0.3) is 5.56 Å². The van der Waals surface area contributed by atoms with Crippen LogP contribution in [0.25, 0.3) is 10.9 Å². The second kappa shape index (κ2) is 8.41. The molecule has 2 aromatic carbocycles. The van der Waals surface area contributed by atoms with E-state index in [4.69, 9.17) is 9.47 Å². The summed E-state index contributed by atoms with van der Waals surface area (Å²) in [4.78, 5) is 30.8. The Balaban J connectivity index is 1.63. The second-order valence-electron chi connectivity index (χ2n) is 8.16. The third-order valence-corrected chi connectivity index (χ3v) is 5.64. The van der Waals surface area contributed by atoms with Crippen LogP contribution in [-0.4, -0.2) is 28.7 Å². The van der Waals surface area contributed by atoms with E-state index in [1.165, 1.54) is 4.57 Å². The first-order valence-electron chi connectivity index (χ1n) is 10.5. The number of rotatable bonds is 5. The normalized spacial score (nSPS) is 15.0. The Hall–Kier alpha value is -3.35. The molecule has 0 spiro atoms. The maximum atomic E-state index is 13.2. The van der Waals surface area contributed by atoms with Crippen molar-refractivity contribution >= 4 is 16.8 Å². The van der Waals surface area contributed by atoms with Crippen LogP contribution in [0, 0.1) is 12.8 Å². The fourth-order valence-corrected chi connectivity index (χ4v) is 3.99. The van der Waals surface area contributed by atoms with Crippen molar-refractivity contribution in [2.75, 3.05) is 13.2 Å². The van der Waals surface area contributed by atoms with Gasteiger partial charge in [-0.15, -0.1) is 0 Å². The van der Waals surface area contributed by atoms with Crippen molar-refractivity contribution in [2.24, 2.45) is 5.92 Å². The molecule has 2 unspecified atom stereocenters. The largest absolute Gasteiger partial charge is 0.486 e. The van der Waals surface area contributed by atoms with E-state index >= 15 is 0 Å². The first-order chi connectivity index (χ1) is 14.9. The van der Waals surface area contributed by atoms with E-state index in [1.807, 2.05) is 38.1 Å². The lowest BCUT2D eigenvalue weighted by molar-refractivity contribution is -0.125. The van der Waals surface area contributed by atoms with E-state index in [9.17, 15) is 9.59 Å². The zero-order valence-electron chi connectivity index (χ0n) is 18.2. The first-order valence-corrected chi connectivity index (χ1v) is 10.5. The lowest BCUT2D eigenvalue weighted by Crippen LogP contribution is -2.40. The van der Waals surface area contributed by atoms with Crippen molar-refractivity contribution in [2.45, 2.75) is 39.8 Å². The maximum Gasteiger partial charge on any atom is 0.262 e. The molecular weight excluding hydrogens is 394 g/mol. The summed E-state index contributed by atoms with van der Waals surface area (Å²) in [5.41, 5.74) is 1.34. The van der Waals surface area contributed by atoms with E-state index in [-0.39, 0.29) is 23.4 Å². The molecule has 0 radical (unpaired) electrons. The summed E-state index contributed by atoms with van der Waals surface area (Å²) in [5, 5.41) is 3.62. The van der Waals surface area contributed by atoms with Crippen LogP contribution >= 0.6 is 0 Å². The van der Waals surface area contributed by atoms with Gasteiger partial charge in [-0.3, -0.25) is 14.2 Å². The highest BCUT2D eigenvalue weighted by atomic mass is 16.6. The predicted molar refractivity (Wildman–Crippen MR) is 119 cm³/mol. The average molecular weight is 421 g/mol. The van der Waals surface area contributed by atoms with Crippen molar-refractivity contribution in [1.29, 1.82) is 0 Å². The number of aryl methyl sites for hydroxylation is 1. The summed E-state index contributed by atoms with van der Waals surface area (Å²) in [6.45, 7) is 8.59. The van der Waals surface area contributed by atoms with Crippen molar-refractivity contribution in [3.63, 3.8) is 0 Å². The van der Waals surface area contributed by atoms with Gasteiger partial charge in [-0.2, -0.15) is 0 Å². The molecule has 0 aliphatic carbocycles. The molecule has 0 saturated heterocycles. The van der Waals surface area contributed by atoms with Gasteiger partial charge < -0.3 is 14.8 Å². The van der Waals surface area contributed by atoms with E-state index in [0.29, 0.717) is 41.4 Å². The summed E-state index contributed by atoms with van der Waals surface area (Å²) in [6, 6.07) is 12.0. The molecule has 0 saturated carbocycles. The summed E-state index contributed by atoms with van der Waals surface area (Å²) in [5.74, 6) is 1.79. The van der Waals surface area contributed by atoms with Crippen LogP contribution in [0.15, 0.2) is 47.3 Å². The third kappa shape index (κ3) is 4.00. The molecule has 2 atom stereocenters. The molecular formula is C24H27N3O4. The molecule has 1 amide bonds. The zero-order valence-corrected chi connectivity index (χ0v) is 18.2. The van der Waals surface area contributed by atoms with Crippen LogP contribution < -0.4 is 20.3 Å². The van der Waals surface area contributed by atoms with Crippen molar-refractivity contribution in [3.05, 3.63) is 64.2 Å². The van der Waals surface area contributed by atoms with Crippen molar-refractivity contribution in [3.8, 4) is 11.5 Å². The lowest BCUT2D eigenvalue weighted by Gasteiger charge is -2.27. The van der Waals surface area contributed by atoms with E-state index in [1.54, 1.807) is 32.0 Å². The number of para-hydroxylation sites is 1. The minimum absolute atomic E-state index is 0.131. The Morgan fingerprint density at radius 3 is 2.52 bits per heavy atom. The highest BCUT2D eigenvalue weighted by Gasteiger charge is 2.26. The molecule has 31 heavy (non-hydrogen) atoms. The first kappa shape index (κ1) is 20.9. The Labute approximate surface area is 181 Å². The fourth-order valence-electron chi connectivity index (χ4n) is 3.99. The molecule has 7 heteroatoms. The fraction of sp³-hybridized carbons (Fsp3) is 0.375. The SMILES string of the molecule is Cc1nc2ccccc2c(=O)n1C(C)C(=O)NC(c1ccc2c(c1)OCCO2)C(C)C. The zero-order chi connectivity index (χ0) is 22.1. The van der Waals surface area contributed by atoms with Gasteiger partial charge in [0.2, 0.25) is 5.91 Å². The van der Waals surface area contributed by atoms with Gasteiger partial charge in [0.15, 0.2) is 11.5 Å². The Bertz CT molecular complexity index is 1190. The molecule has 162 valence electrons. The number of aromatic nitrogens is 2. The van der Waals surface area contributed by atoms with E-state index < -0.39 is 6.04 Å². The van der Waals surface area contributed by atoms with Crippen LogP contribution in [0.4, 0.5) is 0 Å². The van der Waals surface area contributed by atoms with Gasteiger partial charge in [-0.25, -0.2) is 4.98 Å². The average Bonchev–Trinajstić information content (AvgIpc) is 2.76. The molecule has 2 heterocycles.